The van der Waals surface area contributed by atoms with E-state index in [1.807, 2.05) is 20.8 Å². The molecule has 0 spiro atoms. The standard InChI is InChI=1S/C15H21N3O3/c1-15(2,3)18-9-11(8-13(18)20)17-14(21)16-10-4-6-12(19)7-5-10/h4-7,11,19H,8-9H2,1-3H3,(H2,16,17,21). The molecule has 6 heteroatoms. The predicted octanol–water partition coefficient (Wildman–Crippen LogP) is 1.91. The first kappa shape index (κ1) is 15.2. The summed E-state index contributed by atoms with van der Waals surface area (Å²) in [7, 11) is 0. The van der Waals surface area contributed by atoms with Crippen molar-refractivity contribution in [3.05, 3.63) is 24.3 Å². The fourth-order valence-corrected chi connectivity index (χ4v) is 2.35. The lowest BCUT2D eigenvalue weighted by Crippen LogP contribution is -2.45. The van der Waals surface area contributed by atoms with Crippen LogP contribution in [0.5, 0.6) is 5.75 Å². The fourth-order valence-electron chi connectivity index (χ4n) is 2.35. The second-order valence-electron chi connectivity index (χ2n) is 6.22. The number of rotatable bonds is 2. The van der Waals surface area contributed by atoms with Crippen molar-refractivity contribution >= 4 is 17.6 Å². The van der Waals surface area contributed by atoms with Crippen LogP contribution >= 0.6 is 0 Å². The molecule has 3 N–H and O–H groups in total. The Bertz CT molecular complexity index is 534. The van der Waals surface area contributed by atoms with Crippen LogP contribution in [0.2, 0.25) is 0 Å². The number of hydrogen-bond acceptors (Lipinski definition) is 3. The van der Waals surface area contributed by atoms with Crippen LogP contribution in [0.15, 0.2) is 24.3 Å². The number of urea groups is 1. The number of carbonyl (C=O) groups is 2. The second-order valence-corrected chi connectivity index (χ2v) is 6.22. The molecule has 1 fully saturated rings. The van der Waals surface area contributed by atoms with Gasteiger partial charge in [-0.05, 0) is 45.0 Å². The van der Waals surface area contributed by atoms with Crippen LogP contribution in [-0.2, 0) is 4.79 Å². The van der Waals surface area contributed by atoms with Gasteiger partial charge in [0.05, 0.1) is 6.04 Å². The second kappa shape index (κ2) is 5.63. The van der Waals surface area contributed by atoms with Gasteiger partial charge in [0.15, 0.2) is 0 Å². The molecule has 0 radical (unpaired) electrons. The maximum Gasteiger partial charge on any atom is 0.319 e. The van der Waals surface area contributed by atoms with Gasteiger partial charge in [-0.3, -0.25) is 4.79 Å². The van der Waals surface area contributed by atoms with Crippen LogP contribution in [-0.4, -0.2) is 40.1 Å². The Hall–Kier alpha value is -2.24. The van der Waals surface area contributed by atoms with Crippen molar-refractivity contribution in [2.75, 3.05) is 11.9 Å². The molecule has 1 saturated heterocycles. The summed E-state index contributed by atoms with van der Waals surface area (Å²) >= 11 is 0. The zero-order valence-corrected chi connectivity index (χ0v) is 12.5. The number of nitrogens with zero attached hydrogens (tertiary/aromatic N) is 1. The minimum atomic E-state index is -0.353. The highest BCUT2D eigenvalue weighted by Crippen LogP contribution is 2.22. The van der Waals surface area contributed by atoms with E-state index in [4.69, 9.17) is 0 Å². The smallest absolute Gasteiger partial charge is 0.319 e. The minimum Gasteiger partial charge on any atom is -0.508 e. The van der Waals surface area contributed by atoms with Gasteiger partial charge in [0.25, 0.3) is 0 Å². The first-order valence-electron chi connectivity index (χ1n) is 6.93. The third kappa shape index (κ3) is 3.87. The molecule has 0 saturated carbocycles. The quantitative estimate of drug-likeness (QED) is 0.728. The third-order valence-corrected chi connectivity index (χ3v) is 3.40. The summed E-state index contributed by atoms with van der Waals surface area (Å²) in [4.78, 5) is 25.6. The van der Waals surface area contributed by atoms with E-state index in [0.717, 1.165) is 0 Å². The minimum absolute atomic E-state index is 0.0532. The van der Waals surface area contributed by atoms with Gasteiger partial charge in [-0.25, -0.2) is 4.79 Å². The van der Waals surface area contributed by atoms with Crippen molar-refractivity contribution in [2.45, 2.75) is 38.8 Å². The fraction of sp³-hybridized carbons (Fsp3) is 0.467. The molecule has 21 heavy (non-hydrogen) atoms. The molecular weight excluding hydrogens is 270 g/mol. The van der Waals surface area contributed by atoms with E-state index in [9.17, 15) is 14.7 Å². The van der Waals surface area contributed by atoms with E-state index < -0.39 is 0 Å². The molecule has 1 aromatic rings. The first-order chi connectivity index (χ1) is 9.75. The normalized spacial score (nSPS) is 18.7. The Morgan fingerprint density at radius 2 is 1.90 bits per heavy atom. The topological polar surface area (TPSA) is 81.7 Å². The van der Waals surface area contributed by atoms with Crippen molar-refractivity contribution in [2.24, 2.45) is 0 Å². The van der Waals surface area contributed by atoms with Gasteiger partial charge in [0.2, 0.25) is 5.91 Å². The molecule has 0 aliphatic carbocycles. The van der Waals surface area contributed by atoms with Crippen molar-refractivity contribution in [3.8, 4) is 5.75 Å². The molecule has 6 nitrogen and oxygen atoms in total. The Labute approximate surface area is 124 Å². The number of anilines is 1. The highest BCUT2D eigenvalue weighted by Gasteiger charge is 2.36. The zero-order valence-electron chi connectivity index (χ0n) is 12.5. The van der Waals surface area contributed by atoms with Crippen molar-refractivity contribution < 1.29 is 14.7 Å². The monoisotopic (exact) mass is 291 g/mol. The number of aromatic hydroxyl groups is 1. The van der Waals surface area contributed by atoms with Crippen molar-refractivity contribution in [1.29, 1.82) is 0 Å². The van der Waals surface area contributed by atoms with Gasteiger partial charge in [0.1, 0.15) is 5.75 Å². The summed E-state index contributed by atoms with van der Waals surface area (Å²) in [5.41, 5.74) is 0.350. The lowest BCUT2D eigenvalue weighted by molar-refractivity contribution is -0.131. The van der Waals surface area contributed by atoms with Crippen LogP contribution in [0.4, 0.5) is 10.5 Å². The number of benzene rings is 1. The van der Waals surface area contributed by atoms with Crippen LogP contribution < -0.4 is 10.6 Å². The molecule has 1 aliphatic heterocycles. The average Bonchev–Trinajstić information content (AvgIpc) is 2.73. The van der Waals surface area contributed by atoms with E-state index in [0.29, 0.717) is 18.7 Å². The highest BCUT2D eigenvalue weighted by atomic mass is 16.3. The Kier molecular flexibility index (Phi) is 4.06. The van der Waals surface area contributed by atoms with E-state index in [1.54, 1.807) is 17.0 Å². The first-order valence-corrected chi connectivity index (χ1v) is 6.93. The number of hydrogen-bond donors (Lipinski definition) is 3. The Morgan fingerprint density at radius 3 is 2.43 bits per heavy atom. The number of nitrogens with one attached hydrogen (secondary N) is 2. The molecular formula is C15H21N3O3. The van der Waals surface area contributed by atoms with Gasteiger partial charge in [-0.2, -0.15) is 0 Å². The zero-order chi connectivity index (χ0) is 15.6. The lowest BCUT2D eigenvalue weighted by Gasteiger charge is -2.32. The van der Waals surface area contributed by atoms with Crippen molar-refractivity contribution in [1.82, 2.24) is 10.2 Å². The molecule has 3 amide bonds. The van der Waals surface area contributed by atoms with E-state index in [2.05, 4.69) is 10.6 Å². The molecule has 1 unspecified atom stereocenters. The summed E-state index contributed by atoms with van der Waals surface area (Å²) in [5, 5.41) is 14.7. The van der Waals surface area contributed by atoms with Gasteiger partial charge >= 0.3 is 6.03 Å². The average molecular weight is 291 g/mol. The number of likely N-dealkylation sites (tertiary alicyclic amines) is 1. The summed E-state index contributed by atoms with van der Waals surface area (Å²) in [6.45, 7) is 6.45. The molecule has 114 valence electrons. The van der Waals surface area contributed by atoms with E-state index >= 15 is 0 Å². The van der Waals surface area contributed by atoms with Crippen LogP contribution in [0.25, 0.3) is 0 Å². The van der Waals surface area contributed by atoms with Gasteiger partial charge in [-0.1, -0.05) is 0 Å². The SMILES string of the molecule is CC(C)(C)N1CC(NC(=O)Nc2ccc(O)cc2)CC1=O. The van der Waals surface area contributed by atoms with Crippen molar-refractivity contribution in [3.63, 3.8) is 0 Å². The summed E-state index contributed by atoms with van der Waals surface area (Å²) in [6, 6.07) is 5.67. The van der Waals surface area contributed by atoms with E-state index in [-0.39, 0.29) is 29.3 Å². The van der Waals surface area contributed by atoms with E-state index in [1.165, 1.54) is 12.1 Å². The maximum absolute atomic E-state index is 11.9. The van der Waals surface area contributed by atoms with Gasteiger partial charge in [-0.15, -0.1) is 0 Å². The summed E-state index contributed by atoms with van der Waals surface area (Å²) in [6.07, 6.45) is 0.320. The maximum atomic E-state index is 11.9. The molecule has 1 aliphatic rings. The van der Waals surface area contributed by atoms with Crippen LogP contribution in [0.3, 0.4) is 0 Å². The highest BCUT2D eigenvalue weighted by molar-refractivity contribution is 5.90. The van der Waals surface area contributed by atoms with Crippen LogP contribution in [0.1, 0.15) is 27.2 Å². The molecule has 1 aromatic carbocycles. The Morgan fingerprint density at radius 1 is 1.29 bits per heavy atom. The van der Waals surface area contributed by atoms with Gasteiger partial charge < -0.3 is 20.6 Å². The number of phenolic OH excluding ortho intramolecular Hbond substituents is 1. The molecule has 0 bridgehead atoms. The predicted molar refractivity (Wildman–Crippen MR) is 80.1 cm³/mol. The summed E-state index contributed by atoms with van der Waals surface area (Å²) in [5.74, 6) is 0.195. The Balaban J connectivity index is 1.89. The van der Waals surface area contributed by atoms with Crippen LogP contribution in [0, 0.1) is 0 Å². The number of phenols is 1. The van der Waals surface area contributed by atoms with Gasteiger partial charge in [0, 0.05) is 24.2 Å². The molecule has 1 atom stereocenters. The molecule has 1 heterocycles. The number of carbonyl (C=O) groups excluding carboxylic acids is 2. The number of amides is 3. The third-order valence-electron chi connectivity index (χ3n) is 3.40. The summed E-state index contributed by atoms with van der Waals surface area (Å²) < 4.78 is 0. The molecule has 2 rings (SSSR count). The molecule has 0 aromatic heterocycles. The lowest BCUT2D eigenvalue weighted by atomic mass is 10.1. The largest absolute Gasteiger partial charge is 0.508 e.